The van der Waals surface area contributed by atoms with Crippen LogP contribution in [0.5, 0.6) is 0 Å². The quantitative estimate of drug-likeness (QED) is 0.0892. The van der Waals surface area contributed by atoms with Crippen LogP contribution in [0.4, 0.5) is 0 Å². The van der Waals surface area contributed by atoms with E-state index < -0.39 is 23.6 Å². The number of hydrogen-bond donors (Lipinski definition) is 3. The Hall–Kier alpha value is -1.54. The molecule has 1 amide bonds. The lowest BCUT2D eigenvalue weighted by Gasteiger charge is -2.37. The van der Waals surface area contributed by atoms with E-state index in [-0.39, 0.29) is 22.8 Å². The number of allylic oxidation sites excluding steroid dienone is 1. The van der Waals surface area contributed by atoms with Gasteiger partial charge in [0.15, 0.2) is 0 Å². The van der Waals surface area contributed by atoms with Gasteiger partial charge in [-0.05, 0) is 39.0 Å². The lowest BCUT2D eigenvalue weighted by atomic mass is 9.95. The molecular formula is C28H51NO6S. The highest BCUT2D eigenvalue weighted by atomic mass is 32.2. The van der Waals surface area contributed by atoms with Crippen LogP contribution in [0.1, 0.15) is 118 Å². The zero-order valence-electron chi connectivity index (χ0n) is 23.2. The largest absolute Gasteiger partial charge is 0.481 e. The number of rotatable bonds is 22. The summed E-state index contributed by atoms with van der Waals surface area (Å²) in [6.07, 6.45) is 16.8. The number of unbranched alkanes of at least 4 members (excludes halogenated alkanes) is 9. The van der Waals surface area contributed by atoms with Crippen molar-refractivity contribution < 1.29 is 29.3 Å². The van der Waals surface area contributed by atoms with Crippen molar-refractivity contribution in [3.05, 3.63) is 12.2 Å². The number of carbonyl (C=O) groups excluding carboxylic acids is 2. The number of nitrogens with one attached hydrogen (secondary N) is 1. The third kappa shape index (κ3) is 14.9. The Morgan fingerprint density at radius 1 is 1.00 bits per heavy atom. The van der Waals surface area contributed by atoms with E-state index >= 15 is 0 Å². The lowest BCUT2D eigenvalue weighted by Crippen LogP contribution is -2.59. The Labute approximate surface area is 223 Å². The van der Waals surface area contributed by atoms with Crippen LogP contribution in [0, 0.1) is 0 Å². The number of hydrogen-bond acceptors (Lipinski definition) is 6. The molecule has 210 valence electrons. The summed E-state index contributed by atoms with van der Waals surface area (Å²) in [5.41, 5.74) is -1.25. The van der Waals surface area contributed by atoms with Crippen molar-refractivity contribution in [1.82, 2.24) is 5.32 Å². The first-order valence-electron chi connectivity index (χ1n) is 13.7. The molecule has 0 spiro atoms. The van der Waals surface area contributed by atoms with E-state index in [1.807, 2.05) is 13.0 Å². The molecule has 8 heteroatoms. The maximum atomic E-state index is 12.6. The van der Waals surface area contributed by atoms with Crippen LogP contribution < -0.4 is 5.32 Å². The summed E-state index contributed by atoms with van der Waals surface area (Å²) < 4.78 is 4.99. The fourth-order valence-corrected chi connectivity index (χ4v) is 5.88. The number of amides is 1. The second-order valence-corrected chi connectivity index (χ2v) is 11.2. The number of carbonyl (C=O) groups is 3. The maximum absolute atomic E-state index is 12.6. The number of aliphatic hydroxyl groups is 1. The van der Waals surface area contributed by atoms with Gasteiger partial charge in [-0.15, -0.1) is 11.8 Å². The SMILES string of the molecule is CCCCCCCCCCC/C=C\C(SC(CC)C(C)(NC(C)=O)C(=O)OC)C(O)CCCC(=O)O. The summed E-state index contributed by atoms with van der Waals surface area (Å²) in [4.78, 5) is 35.4. The number of thioether (sulfide) groups is 1. The van der Waals surface area contributed by atoms with Gasteiger partial charge in [-0.1, -0.05) is 77.4 Å². The van der Waals surface area contributed by atoms with E-state index in [0.29, 0.717) is 19.3 Å². The van der Waals surface area contributed by atoms with Crippen molar-refractivity contribution in [3.63, 3.8) is 0 Å². The Bertz CT molecular complexity index is 656. The maximum Gasteiger partial charge on any atom is 0.332 e. The Kier molecular flexibility index (Phi) is 19.6. The molecule has 4 unspecified atom stereocenters. The predicted molar refractivity (Wildman–Crippen MR) is 148 cm³/mol. The zero-order valence-corrected chi connectivity index (χ0v) is 24.0. The number of aliphatic carboxylic acids is 1. The molecule has 0 heterocycles. The summed E-state index contributed by atoms with van der Waals surface area (Å²) in [5.74, 6) is -1.75. The molecule has 0 aliphatic rings. The van der Waals surface area contributed by atoms with Gasteiger partial charge >= 0.3 is 11.9 Å². The highest BCUT2D eigenvalue weighted by molar-refractivity contribution is 8.00. The fraction of sp³-hybridized carbons (Fsp3) is 0.821. The Balaban J connectivity index is 5.12. The number of aliphatic hydroxyl groups excluding tert-OH is 1. The second-order valence-electron chi connectivity index (χ2n) is 9.77. The third-order valence-corrected chi connectivity index (χ3v) is 8.37. The smallest absolute Gasteiger partial charge is 0.332 e. The summed E-state index contributed by atoms with van der Waals surface area (Å²) in [7, 11) is 1.29. The summed E-state index contributed by atoms with van der Waals surface area (Å²) in [6.45, 7) is 7.18. The van der Waals surface area contributed by atoms with Gasteiger partial charge in [-0.25, -0.2) is 4.79 Å². The first-order chi connectivity index (χ1) is 17.1. The van der Waals surface area contributed by atoms with E-state index in [4.69, 9.17) is 9.84 Å². The third-order valence-electron chi connectivity index (χ3n) is 6.45. The van der Waals surface area contributed by atoms with E-state index in [1.54, 1.807) is 6.92 Å². The van der Waals surface area contributed by atoms with Crippen LogP contribution in [0.15, 0.2) is 12.2 Å². The number of ether oxygens (including phenoxy) is 1. The van der Waals surface area contributed by atoms with Crippen LogP contribution >= 0.6 is 11.8 Å². The minimum atomic E-state index is -1.25. The molecule has 7 nitrogen and oxygen atoms in total. The van der Waals surface area contributed by atoms with E-state index in [2.05, 4.69) is 18.3 Å². The number of methoxy groups -OCH3 is 1. The van der Waals surface area contributed by atoms with Gasteiger partial charge in [0.25, 0.3) is 0 Å². The number of carboxylic acids is 1. The normalized spacial score (nSPS) is 15.7. The predicted octanol–water partition coefficient (Wildman–Crippen LogP) is 6.03. The van der Waals surface area contributed by atoms with Gasteiger partial charge in [0, 0.05) is 23.8 Å². The average molecular weight is 530 g/mol. The summed E-state index contributed by atoms with van der Waals surface area (Å²) in [6, 6.07) is 0. The molecule has 0 aromatic carbocycles. The van der Waals surface area contributed by atoms with E-state index in [1.165, 1.54) is 77.2 Å². The minimum Gasteiger partial charge on any atom is -0.481 e. The molecule has 0 fully saturated rings. The fourth-order valence-electron chi connectivity index (χ4n) is 4.37. The highest BCUT2D eigenvalue weighted by Gasteiger charge is 2.44. The number of carboxylic acid groups (broad SMARTS) is 1. The molecule has 0 aliphatic carbocycles. The lowest BCUT2D eigenvalue weighted by molar-refractivity contribution is -0.150. The Morgan fingerprint density at radius 2 is 1.58 bits per heavy atom. The van der Waals surface area contributed by atoms with E-state index in [9.17, 15) is 19.5 Å². The van der Waals surface area contributed by atoms with Gasteiger partial charge in [0.05, 0.1) is 13.2 Å². The molecule has 0 rings (SSSR count). The molecule has 0 aromatic rings. The second kappa shape index (κ2) is 20.5. The van der Waals surface area contributed by atoms with Crippen molar-refractivity contribution in [3.8, 4) is 0 Å². The molecule has 0 aliphatic heterocycles. The standard InChI is InChI=1S/C28H51NO6S/c1-6-8-9-10-11-12-13-14-15-16-17-20-24(23(31)19-18-21-26(32)33)36-25(7-2)28(4,27(34)35-5)29-22(3)30/h17,20,23-25,31H,6-16,18-19,21H2,1-5H3,(H,29,30)(H,32,33)/b20-17-. The van der Waals surface area contributed by atoms with Gasteiger partial charge in [0.2, 0.25) is 5.91 Å². The Morgan fingerprint density at radius 3 is 2.08 bits per heavy atom. The first kappa shape index (κ1) is 34.5. The highest BCUT2D eigenvalue weighted by Crippen LogP contribution is 2.34. The molecule has 0 saturated heterocycles. The molecular weight excluding hydrogens is 478 g/mol. The van der Waals surface area contributed by atoms with Crippen molar-refractivity contribution in [2.75, 3.05) is 7.11 Å². The molecule has 0 aromatic heterocycles. The van der Waals surface area contributed by atoms with Crippen molar-refractivity contribution in [2.24, 2.45) is 0 Å². The monoisotopic (exact) mass is 529 g/mol. The minimum absolute atomic E-state index is 0.000417. The van der Waals surface area contributed by atoms with E-state index in [0.717, 1.165) is 12.8 Å². The zero-order chi connectivity index (χ0) is 27.4. The van der Waals surface area contributed by atoms with Crippen LogP contribution in [0.25, 0.3) is 0 Å². The molecule has 4 atom stereocenters. The van der Waals surface area contributed by atoms with Crippen LogP contribution in [-0.2, 0) is 19.1 Å². The molecule has 0 bridgehead atoms. The van der Waals surface area contributed by atoms with Gasteiger partial charge in [0.1, 0.15) is 5.54 Å². The molecule has 0 saturated carbocycles. The van der Waals surface area contributed by atoms with Gasteiger partial charge in [-0.3, -0.25) is 9.59 Å². The number of esters is 1. The molecule has 3 N–H and O–H groups in total. The van der Waals surface area contributed by atoms with Gasteiger partial charge in [-0.2, -0.15) is 0 Å². The van der Waals surface area contributed by atoms with Crippen LogP contribution in [0.2, 0.25) is 0 Å². The summed E-state index contributed by atoms with van der Waals surface area (Å²) >= 11 is 1.43. The van der Waals surface area contributed by atoms with Crippen LogP contribution in [0.3, 0.4) is 0 Å². The first-order valence-corrected chi connectivity index (χ1v) is 14.7. The molecule has 36 heavy (non-hydrogen) atoms. The van der Waals surface area contributed by atoms with Crippen LogP contribution in [-0.4, -0.2) is 57.3 Å². The topological polar surface area (TPSA) is 113 Å². The average Bonchev–Trinajstić information content (AvgIpc) is 2.82. The van der Waals surface area contributed by atoms with Crippen molar-refractivity contribution in [2.45, 2.75) is 140 Å². The van der Waals surface area contributed by atoms with Crippen molar-refractivity contribution in [1.29, 1.82) is 0 Å². The summed E-state index contributed by atoms with van der Waals surface area (Å²) in [5, 5.41) is 21.9. The van der Waals surface area contributed by atoms with Gasteiger partial charge < -0.3 is 20.3 Å². The van der Waals surface area contributed by atoms with Crippen molar-refractivity contribution >= 4 is 29.6 Å². The molecule has 0 radical (unpaired) electrons.